The number of fused-ring (bicyclic) bond motifs is 1. The second-order valence-electron chi connectivity index (χ2n) is 6.07. The Morgan fingerprint density at radius 2 is 1.77 bits per heavy atom. The van der Waals surface area contributed by atoms with Crippen LogP contribution in [0.2, 0.25) is 0 Å². The van der Waals surface area contributed by atoms with Gasteiger partial charge in [-0.25, -0.2) is 4.79 Å². The Morgan fingerprint density at radius 1 is 1.00 bits per heavy atom. The fourth-order valence-corrected chi connectivity index (χ4v) is 2.98. The van der Waals surface area contributed by atoms with Crippen LogP contribution in [0.3, 0.4) is 0 Å². The fourth-order valence-electron chi connectivity index (χ4n) is 2.98. The van der Waals surface area contributed by atoms with Crippen LogP contribution in [0, 0.1) is 0 Å². The van der Waals surface area contributed by atoms with Crippen molar-refractivity contribution in [2.24, 2.45) is 0 Å². The van der Waals surface area contributed by atoms with E-state index in [-0.39, 0.29) is 19.0 Å². The molecule has 0 bridgehead atoms. The molecule has 3 rings (SSSR count). The highest BCUT2D eigenvalue weighted by Crippen LogP contribution is 2.35. The maximum atomic E-state index is 12.6. The molecule has 2 aromatic carbocycles. The van der Waals surface area contributed by atoms with Gasteiger partial charge in [-0.3, -0.25) is 4.98 Å². The number of nitrogens with one attached hydrogen (secondary N) is 1. The smallest absolute Gasteiger partial charge is 0.341 e. The lowest BCUT2D eigenvalue weighted by molar-refractivity contribution is 0.0527. The summed E-state index contributed by atoms with van der Waals surface area (Å²) in [6, 6.07) is 11.0. The molecule has 0 radical (unpaired) electrons. The van der Waals surface area contributed by atoms with Gasteiger partial charge in [-0.1, -0.05) is 0 Å². The number of esters is 1. The van der Waals surface area contributed by atoms with Crippen molar-refractivity contribution < 1.29 is 23.7 Å². The summed E-state index contributed by atoms with van der Waals surface area (Å²) >= 11 is 0. The molecule has 0 aliphatic heterocycles. The molecule has 1 aromatic heterocycles. The lowest BCUT2D eigenvalue weighted by Gasteiger charge is -2.16. The molecule has 0 aliphatic carbocycles. The SMILES string of the molecule is CCOC(=O)c1cnc2ccc(OCC)cc2c1Nc1ccc(OC)c(OC)c1.Cl. The van der Waals surface area contributed by atoms with Gasteiger partial charge in [0.1, 0.15) is 11.3 Å². The van der Waals surface area contributed by atoms with Crippen molar-refractivity contribution in [3.05, 3.63) is 48.2 Å². The first-order valence-electron chi connectivity index (χ1n) is 9.33. The first kappa shape index (κ1) is 23.1. The highest BCUT2D eigenvalue weighted by Gasteiger charge is 2.18. The number of halogens is 1. The Balaban J connectivity index is 0.00000320. The zero-order chi connectivity index (χ0) is 20.8. The number of carbonyl (C=O) groups is 1. The number of benzene rings is 2. The van der Waals surface area contributed by atoms with Crippen LogP contribution in [-0.2, 0) is 4.74 Å². The molecule has 0 spiro atoms. The van der Waals surface area contributed by atoms with Gasteiger partial charge in [0.25, 0.3) is 0 Å². The number of anilines is 2. The third-order valence-electron chi connectivity index (χ3n) is 4.30. The van der Waals surface area contributed by atoms with Crippen LogP contribution in [0.5, 0.6) is 17.2 Å². The van der Waals surface area contributed by atoms with Crippen LogP contribution in [0.25, 0.3) is 10.9 Å². The molecule has 3 aromatic rings. The van der Waals surface area contributed by atoms with Crippen LogP contribution >= 0.6 is 12.4 Å². The summed E-state index contributed by atoms with van der Waals surface area (Å²) in [5, 5.41) is 4.06. The highest BCUT2D eigenvalue weighted by atomic mass is 35.5. The average Bonchev–Trinajstić information content (AvgIpc) is 2.74. The number of pyridine rings is 1. The summed E-state index contributed by atoms with van der Waals surface area (Å²) in [5.74, 6) is 1.43. The van der Waals surface area contributed by atoms with Gasteiger partial charge in [-0.2, -0.15) is 0 Å². The lowest BCUT2D eigenvalue weighted by atomic mass is 10.1. The Hall–Kier alpha value is -3.19. The van der Waals surface area contributed by atoms with Gasteiger partial charge in [0.2, 0.25) is 0 Å². The van der Waals surface area contributed by atoms with Crippen molar-refractivity contribution in [2.45, 2.75) is 13.8 Å². The van der Waals surface area contributed by atoms with E-state index in [0.717, 1.165) is 16.6 Å². The topological polar surface area (TPSA) is 78.9 Å². The van der Waals surface area contributed by atoms with Crippen molar-refractivity contribution in [3.8, 4) is 17.2 Å². The van der Waals surface area contributed by atoms with Gasteiger partial charge >= 0.3 is 5.97 Å². The van der Waals surface area contributed by atoms with Gasteiger partial charge in [-0.15, -0.1) is 12.4 Å². The molecule has 0 aliphatic rings. The van der Waals surface area contributed by atoms with Crippen molar-refractivity contribution in [1.82, 2.24) is 4.98 Å². The quantitative estimate of drug-likeness (QED) is 0.502. The zero-order valence-corrected chi connectivity index (χ0v) is 18.2. The number of rotatable bonds is 8. The van der Waals surface area contributed by atoms with E-state index >= 15 is 0 Å². The summed E-state index contributed by atoms with van der Waals surface area (Å²) in [7, 11) is 3.15. The minimum atomic E-state index is -0.452. The van der Waals surface area contributed by atoms with Gasteiger partial charge in [-0.05, 0) is 44.2 Å². The molecular weight excluding hydrogens is 408 g/mol. The number of carbonyl (C=O) groups excluding carboxylic acids is 1. The van der Waals surface area contributed by atoms with Crippen LogP contribution in [0.4, 0.5) is 11.4 Å². The van der Waals surface area contributed by atoms with E-state index in [0.29, 0.717) is 35.1 Å². The number of hydrogen-bond acceptors (Lipinski definition) is 7. The van der Waals surface area contributed by atoms with E-state index in [1.54, 1.807) is 33.3 Å². The number of ether oxygens (including phenoxy) is 4. The molecule has 0 amide bonds. The first-order chi connectivity index (χ1) is 14.1. The van der Waals surface area contributed by atoms with Crippen LogP contribution in [-0.4, -0.2) is 38.4 Å². The molecule has 0 saturated heterocycles. The molecule has 0 atom stereocenters. The maximum Gasteiger partial charge on any atom is 0.341 e. The van der Waals surface area contributed by atoms with Crippen LogP contribution in [0.1, 0.15) is 24.2 Å². The molecule has 8 heteroatoms. The molecule has 160 valence electrons. The minimum absolute atomic E-state index is 0. The van der Waals surface area contributed by atoms with E-state index in [9.17, 15) is 4.79 Å². The lowest BCUT2D eigenvalue weighted by Crippen LogP contribution is -2.09. The second-order valence-corrected chi connectivity index (χ2v) is 6.07. The molecular formula is C22H25ClN2O5. The van der Waals surface area contributed by atoms with E-state index in [2.05, 4.69) is 10.3 Å². The van der Waals surface area contributed by atoms with E-state index in [1.807, 2.05) is 31.2 Å². The molecule has 7 nitrogen and oxygen atoms in total. The number of hydrogen-bond donors (Lipinski definition) is 1. The van der Waals surface area contributed by atoms with Crippen molar-refractivity contribution in [3.63, 3.8) is 0 Å². The molecule has 0 saturated carbocycles. The molecule has 30 heavy (non-hydrogen) atoms. The van der Waals surface area contributed by atoms with Gasteiger partial charge in [0.05, 0.1) is 38.6 Å². The molecule has 0 unspecified atom stereocenters. The minimum Gasteiger partial charge on any atom is -0.494 e. The zero-order valence-electron chi connectivity index (χ0n) is 17.4. The van der Waals surface area contributed by atoms with Crippen molar-refractivity contribution in [1.29, 1.82) is 0 Å². The standard InChI is InChI=1S/C22H24N2O5.ClH/c1-5-28-15-8-9-18-16(12-15)21(17(13-23-18)22(25)29-6-2)24-14-7-10-19(26-3)20(11-14)27-4;/h7-13H,5-6H2,1-4H3,(H,23,24);1H. The van der Waals surface area contributed by atoms with Crippen LogP contribution in [0.15, 0.2) is 42.6 Å². The normalized spacial score (nSPS) is 10.1. The van der Waals surface area contributed by atoms with Crippen molar-refractivity contribution in [2.75, 3.05) is 32.8 Å². The van der Waals surface area contributed by atoms with Gasteiger partial charge in [0, 0.05) is 23.3 Å². The molecule has 1 N–H and O–H groups in total. The summed E-state index contributed by atoms with van der Waals surface area (Å²) < 4.78 is 21.5. The summed E-state index contributed by atoms with van der Waals surface area (Å²) in [4.78, 5) is 17.0. The first-order valence-corrected chi connectivity index (χ1v) is 9.33. The van der Waals surface area contributed by atoms with E-state index < -0.39 is 5.97 Å². The summed E-state index contributed by atoms with van der Waals surface area (Å²) in [5.41, 5.74) is 2.37. The Labute approximate surface area is 181 Å². The Kier molecular flexibility index (Phi) is 8.12. The highest BCUT2D eigenvalue weighted by molar-refractivity contribution is 6.06. The predicted octanol–water partition coefficient (Wildman–Crippen LogP) is 4.99. The Bertz CT molecular complexity index is 1030. The maximum absolute atomic E-state index is 12.6. The summed E-state index contributed by atoms with van der Waals surface area (Å²) in [6.07, 6.45) is 1.52. The van der Waals surface area contributed by atoms with E-state index in [1.165, 1.54) is 6.20 Å². The second kappa shape index (κ2) is 10.5. The number of aromatic nitrogens is 1. The third-order valence-corrected chi connectivity index (χ3v) is 4.30. The van der Waals surface area contributed by atoms with E-state index in [4.69, 9.17) is 18.9 Å². The summed E-state index contributed by atoms with van der Waals surface area (Å²) in [6.45, 7) is 4.49. The van der Waals surface area contributed by atoms with Gasteiger partial charge in [0.15, 0.2) is 11.5 Å². The monoisotopic (exact) mass is 432 g/mol. The predicted molar refractivity (Wildman–Crippen MR) is 119 cm³/mol. The van der Waals surface area contributed by atoms with Crippen LogP contribution < -0.4 is 19.5 Å². The molecule has 1 heterocycles. The largest absolute Gasteiger partial charge is 0.494 e. The Morgan fingerprint density at radius 3 is 2.43 bits per heavy atom. The fraction of sp³-hybridized carbons (Fsp3) is 0.273. The molecule has 0 fully saturated rings. The average molecular weight is 433 g/mol. The third kappa shape index (κ3) is 4.86. The van der Waals surface area contributed by atoms with Crippen molar-refractivity contribution >= 4 is 40.7 Å². The van der Waals surface area contributed by atoms with Gasteiger partial charge < -0.3 is 24.3 Å². The number of nitrogens with zero attached hydrogens (tertiary/aromatic N) is 1. The number of methoxy groups -OCH3 is 2.